The van der Waals surface area contributed by atoms with Crippen LogP contribution in [0.3, 0.4) is 0 Å². The maximum atomic E-state index is 10.3. The van der Waals surface area contributed by atoms with Gasteiger partial charge in [-0.1, -0.05) is 37.3 Å². The summed E-state index contributed by atoms with van der Waals surface area (Å²) in [6, 6.07) is 8.26. The van der Waals surface area contributed by atoms with E-state index in [4.69, 9.17) is 0 Å². The molecule has 0 spiro atoms. The van der Waals surface area contributed by atoms with Crippen LogP contribution >= 0.6 is 0 Å². The molecular weight excluding hydrogens is 186 g/mol. The Kier molecular flexibility index (Phi) is 2.79. The molecule has 1 aromatic carbocycles. The van der Waals surface area contributed by atoms with Crippen LogP contribution < -0.4 is 10.4 Å². The van der Waals surface area contributed by atoms with Crippen LogP contribution in [0.15, 0.2) is 29.3 Å². The molecule has 0 N–H and O–H groups in total. The van der Waals surface area contributed by atoms with Crippen molar-refractivity contribution in [3.05, 3.63) is 34.7 Å². The van der Waals surface area contributed by atoms with E-state index < -0.39 is 0 Å². The molecule has 1 aliphatic carbocycles. The van der Waals surface area contributed by atoms with Crippen LogP contribution in [0.4, 0.5) is 0 Å². The fourth-order valence-electron chi connectivity index (χ4n) is 2.15. The van der Waals surface area contributed by atoms with Crippen molar-refractivity contribution in [2.45, 2.75) is 25.8 Å². The number of aliphatic imine (C=N–C) groups is 1. The minimum Gasteiger partial charge on any atom is -0.211 e. The minimum atomic E-state index is 0.00222. The van der Waals surface area contributed by atoms with E-state index in [-0.39, 0.29) is 6.04 Å². The predicted molar refractivity (Wildman–Crippen MR) is 60.4 cm³/mol. The van der Waals surface area contributed by atoms with Crippen LogP contribution in [-0.4, -0.2) is 12.1 Å². The van der Waals surface area contributed by atoms with Gasteiger partial charge in [-0.25, -0.2) is 4.79 Å². The fraction of sp³-hybridized carbons (Fsp3) is 0.308. The standard InChI is InChI=1S/C13H13NO/c1-2-11-12-6-4-3-5-10(12)7-8-13(11)14-9-15/h3-7,13H,2,8H2,1H3. The molecule has 1 unspecified atom stereocenters. The average molecular weight is 199 g/mol. The average Bonchev–Trinajstić information content (AvgIpc) is 2.29. The first-order valence-electron chi connectivity index (χ1n) is 5.22. The molecule has 0 aliphatic heterocycles. The van der Waals surface area contributed by atoms with Gasteiger partial charge in [-0.2, -0.15) is 4.99 Å². The molecule has 2 nitrogen and oxygen atoms in total. The first kappa shape index (κ1) is 9.88. The first-order valence-corrected chi connectivity index (χ1v) is 5.22. The Morgan fingerprint density at radius 3 is 3.00 bits per heavy atom. The largest absolute Gasteiger partial charge is 0.235 e. The van der Waals surface area contributed by atoms with E-state index in [1.165, 1.54) is 16.0 Å². The van der Waals surface area contributed by atoms with Gasteiger partial charge < -0.3 is 0 Å². The molecule has 1 atom stereocenters. The van der Waals surface area contributed by atoms with Crippen molar-refractivity contribution < 1.29 is 4.79 Å². The van der Waals surface area contributed by atoms with Crippen LogP contribution in [0.1, 0.15) is 19.8 Å². The topological polar surface area (TPSA) is 29.4 Å². The summed E-state index contributed by atoms with van der Waals surface area (Å²) in [7, 11) is 0. The lowest BCUT2D eigenvalue weighted by Gasteiger charge is -2.16. The number of benzene rings is 1. The number of hydrogen-bond donors (Lipinski definition) is 0. The van der Waals surface area contributed by atoms with Gasteiger partial charge in [-0.15, -0.1) is 0 Å². The summed E-state index contributed by atoms with van der Waals surface area (Å²) in [5.41, 5.74) is 1.25. The highest BCUT2D eigenvalue weighted by atomic mass is 16.1. The highest BCUT2D eigenvalue weighted by molar-refractivity contribution is 5.58. The summed E-state index contributed by atoms with van der Waals surface area (Å²) >= 11 is 0. The lowest BCUT2D eigenvalue weighted by molar-refractivity contribution is 0.561. The van der Waals surface area contributed by atoms with Crippen LogP contribution in [0.2, 0.25) is 0 Å². The Labute approximate surface area is 88.7 Å². The molecule has 2 heteroatoms. The summed E-state index contributed by atoms with van der Waals surface area (Å²) in [6.45, 7) is 2.10. The van der Waals surface area contributed by atoms with E-state index in [9.17, 15) is 4.79 Å². The summed E-state index contributed by atoms with van der Waals surface area (Å²) in [5, 5.41) is 2.49. The van der Waals surface area contributed by atoms with Crippen molar-refractivity contribution in [1.82, 2.24) is 0 Å². The summed E-state index contributed by atoms with van der Waals surface area (Å²) < 4.78 is 0. The second-order valence-corrected chi connectivity index (χ2v) is 3.64. The van der Waals surface area contributed by atoms with Gasteiger partial charge >= 0.3 is 0 Å². The van der Waals surface area contributed by atoms with Crippen LogP contribution in [0.5, 0.6) is 0 Å². The van der Waals surface area contributed by atoms with Crippen molar-refractivity contribution >= 4 is 17.7 Å². The van der Waals surface area contributed by atoms with Gasteiger partial charge in [-0.3, -0.25) is 0 Å². The Bertz CT molecular complexity index is 524. The highest BCUT2D eigenvalue weighted by Crippen LogP contribution is 2.16. The molecule has 1 aromatic rings. The zero-order chi connectivity index (χ0) is 10.7. The third-order valence-electron chi connectivity index (χ3n) is 2.86. The number of hydrogen-bond acceptors (Lipinski definition) is 2. The number of carbonyl (C=O) groups excluding carboxylic acids is 1. The molecule has 0 saturated carbocycles. The first-order chi connectivity index (χ1) is 7.36. The smallest absolute Gasteiger partial charge is 0.211 e. The van der Waals surface area contributed by atoms with E-state index >= 15 is 0 Å². The van der Waals surface area contributed by atoms with Gasteiger partial charge in [0.05, 0.1) is 6.04 Å². The molecule has 0 fully saturated rings. The van der Waals surface area contributed by atoms with Gasteiger partial charge in [0.25, 0.3) is 0 Å². The van der Waals surface area contributed by atoms with E-state index in [2.05, 4.69) is 30.1 Å². The molecule has 0 radical (unpaired) electrons. The van der Waals surface area contributed by atoms with Gasteiger partial charge in [0.15, 0.2) is 0 Å². The fourth-order valence-corrected chi connectivity index (χ4v) is 2.15. The summed E-state index contributed by atoms with van der Waals surface area (Å²) in [6.07, 6.45) is 5.55. The molecular formula is C13H13NO. The van der Waals surface area contributed by atoms with Crippen molar-refractivity contribution in [3.63, 3.8) is 0 Å². The van der Waals surface area contributed by atoms with Crippen molar-refractivity contribution in [3.8, 4) is 0 Å². The molecule has 2 rings (SSSR count). The number of nitrogens with zero attached hydrogens (tertiary/aromatic N) is 1. The van der Waals surface area contributed by atoms with Gasteiger partial charge in [0, 0.05) is 0 Å². The molecule has 0 aromatic heterocycles. The van der Waals surface area contributed by atoms with E-state index in [1.807, 2.05) is 12.1 Å². The van der Waals surface area contributed by atoms with Crippen molar-refractivity contribution in [2.75, 3.05) is 0 Å². The lowest BCUT2D eigenvalue weighted by Crippen LogP contribution is -2.33. The van der Waals surface area contributed by atoms with Crippen molar-refractivity contribution in [1.29, 1.82) is 0 Å². The predicted octanol–water partition coefficient (Wildman–Crippen LogP) is 1.14. The molecule has 0 heterocycles. The van der Waals surface area contributed by atoms with Crippen LogP contribution in [0, 0.1) is 0 Å². The summed E-state index contributed by atoms with van der Waals surface area (Å²) in [4.78, 5) is 14.2. The Balaban J connectivity index is 2.69. The molecule has 76 valence electrons. The minimum absolute atomic E-state index is 0.00222. The van der Waals surface area contributed by atoms with Crippen LogP contribution in [0.25, 0.3) is 11.6 Å². The summed E-state index contributed by atoms with van der Waals surface area (Å²) in [5.74, 6) is 0. The van der Waals surface area contributed by atoms with E-state index in [1.54, 1.807) is 6.08 Å². The van der Waals surface area contributed by atoms with E-state index in [0.717, 1.165) is 12.8 Å². The molecule has 1 aliphatic rings. The quantitative estimate of drug-likeness (QED) is 0.518. The van der Waals surface area contributed by atoms with Gasteiger partial charge in [0.2, 0.25) is 6.08 Å². The number of isocyanates is 1. The third-order valence-corrected chi connectivity index (χ3v) is 2.86. The Morgan fingerprint density at radius 2 is 2.27 bits per heavy atom. The highest BCUT2D eigenvalue weighted by Gasteiger charge is 2.14. The SMILES string of the molecule is CCC1=c2ccccc2=CCC1N=C=O. The molecule has 15 heavy (non-hydrogen) atoms. The lowest BCUT2D eigenvalue weighted by atomic mass is 9.93. The second kappa shape index (κ2) is 4.24. The Morgan fingerprint density at radius 1 is 1.47 bits per heavy atom. The van der Waals surface area contributed by atoms with Crippen LogP contribution in [-0.2, 0) is 4.79 Å². The number of fused-ring (bicyclic) bond motifs is 1. The molecule has 0 bridgehead atoms. The van der Waals surface area contributed by atoms with Gasteiger partial charge in [0.1, 0.15) is 0 Å². The van der Waals surface area contributed by atoms with Crippen molar-refractivity contribution in [2.24, 2.45) is 4.99 Å². The molecule has 0 saturated heterocycles. The zero-order valence-electron chi connectivity index (χ0n) is 8.73. The van der Waals surface area contributed by atoms with E-state index in [0.29, 0.717) is 0 Å². The molecule has 0 amide bonds. The second-order valence-electron chi connectivity index (χ2n) is 3.64. The van der Waals surface area contributed by atoms with Gasteiger partial charge in [-0.05, 0) is 28.9 Å². The maximum Gasteiger partial charge on any atom is 0.235 e. The Hall–Kier alpha value is -1.66. The third kappa shape index (κ3) is 1.77. The monoisotopic (exact) mass is 199 g/mol. The maximum absolute atomic E-state index is 10.3. The zero-order valence-corrected chi connectivity index (χ0v) is 8.73. The normalized spacial score (nSPS) is 18.7. The number of rotatable bonds is 2.